The van der Waals surface area contributed by atoms with Crippen molar-refractivity contribution < 1.29 is 14.3 Å². The zero-order valence-corrected chi connectivity index (χ0v) is 12.4. The van der Waals surface area contributed by atoms with Crippen LogP contribution in [0, 0.1) is 6.92 Å². The van der Waals surface area contributed by atoms with Crippen LogP contribution >= 0.6 is 0 Å². The monoisotopic (exact) mass is 282 g/mol. The molecule has 0 bridgehead atoms. The first kappa shape index (κ1) is 15.0. The standard InChI is InChI=1S/C18H18O3/c1-12(2)16-10-9-15(11-13(16)3)18(20)21-17(19)14-7-5-4-6-8-14/h4-12H,1-3H3. The lowest BCUT2D eigenvalue weighted by Gasteiger charge is -2.11. The summed E-state index contributed by atoms with van der Waals surface area (Å²) < 4.78 is 4.90. The molecule has 0 aliphatic heterocycles. The van der Waals surface area contributed by atoms with Gasteiger partial charge in [0.25, 0.3) is 0 Å². The van der Waals surface area contributed by atoms with Crippen molar-refractivity contribution in [1.29, 1.82) is 0 Å². The number of esters is 2. The Hall–Kier alpha value is -2.42. The maximum atomic E-state index is 12.0. The number of hydrogen-bond acceptors (Lipinski definition) is 3. The average Bonchev–Trinajstić information content (AvgIpc) is 2.47. The Kier molecular flexibility index (Phi) is 4.53. The highest BCUT2D eigenvalue weighted by Gasteiger charge is 2.15. The van der Waals surface area contributed by atoms with Crippen LogP contribution in [0.15, 0.2) is 48.5 Å². The number of rotatable bonds is 3. The maximum Gasteiger partial charge on any atom is 0.346 e. The van der Waals surface area contributed by atoms with Crippen LogP contribution in [0.1, 0.15) is 51.6 Å². The zero-order valence-electron chi connectivity index (χ0n) is 12.4. The van der Waals surface area contributed by atoms with E-state index in [-0.39, 0.29) is 0 Å². The number of hydrogen-bond donors (Lipinski definition) is 0. The van der Waals surface area contributed by atoms with Gasteiger partial charge in [-0.15, -0.1) is 0 Å². The predicted molar refractivity (Wildman–Crippen MR) is 81.5 cm³/mol. The summed E-state index contributed by atoms with van der Waals surface area (Å²) in [5.74, 6) is -0.866. The van der Waals surface area contributed by atoms with Gasteiger partial charge in [0.1, 0.15) is 0 Å². The second-order valence-corrected chi connectivity index (χ2v) is 5.27. The average molecular weight is 282 g/mol. The Balaban J connectivity index is 2.14. The molecule has 0 fully saturated rings. The van der Waals surface area contributed by atoms with Gasteiger partial charge in [-0.3, -0.25) is 0 Å². The number of aryl methyl sites for hydroxylation is 1. The summed E-state index contributed by atoms with van der Waals surface area (Å²) in [6.07, 6.45) is 0. The van der Waals surface area contributed by atoms with Gasteiger partial charge in [-0.05, 0) is 48.2 Å². The fraction of sp³-hybridized carbons (Fsp3) is 0.222. The van der Waals surface area contributed by atoms with Crippen molar-refractivity contribution in [3.8, 4) is 0 Å². The van der Waals surface area contributed by atoms with Crippen molar-refractivity contribution >= 4 is 11.9 Å². The Morgan fingerprint density at radius 3 is 2.10 bits per heavy atom. The van der Waals surface area contributed by atoms with E-state index in [9.17, 15) is 9.59 Å². The lowest BCUT2D eigenvalue weighted by atomic mass is 9.96. The van der Waals surface area contributed by atoms with Crippen LogP contribution in [0.3, 0.4) is 0 Å². The first-order chi connectivity index (χ1) is 9.99. The molecule has 0 aliphatic carbocycles. The van der Waals surface area contributed by atoms with E-state index in [2.05, 4.69) is 13.8 Å². The Morgan fingerprint density at radius 2 is 1.52 bits per heavy atom. The van der Waals surface area contributed by atoms with E-state index >= 15 is 0 Å². The molecule has 0 saturated carbocycles. The third-order valence-corrected chi connectivity index (χ3v) is 3.32. The van der Waals surface area contributed by atoms with E-state index in [1.165, 1.54) is 5.56 Å². The molecule has 0 heterocycles. The van der Waals surface area contributed by atoms with Crippen LogP contribution in [0.25, 0.3) is 0 Å². The molecular weight excluding hydrogens is 264 g/mol. The van der Waals surface area contributed by atoms with Gasteiger partial charge in [-0.1, -0.05) is 38.1 Å². The second kappa shape index (κ2) is 6.35. The number of benzene rings is 2. The quantitative estimate of drug-likeness (QED) is 0.628. The minimum Gasteiger partial charge on any atom is -0.386 e. The summed E-state index contributed by atoms with van der Waals surface area (Å²) in [7, 11) is 0. The van der Waals surface area contributed by atoms with Gasteiger partial charge >= 0.3 is 11.9 Å². The SMILES string of the molecule is Cc1cc(C(=O)OC(=O)c2ccccc2)ccc1C(C)C. The van der Waals surface area contributed by atoms with Crippen LogP contribution in [0.5, 0.6) is 0 Å². The molecule has 0 N–H and O–H groups in total. The fourth-order valence-corrected chi connectivity index (χ4v) is 2.23. The van der Waals surface area contributed by atoms with E-state index < -0.39 is 11.9 Å². The van der Waals surface area contributed by atoms with Crippen LogP contribution in [-0.4, -0.2) is 11.9 Å². The van der Waals surface area contributed by atoms with Crippen LogP contribution in [0.2, 0.25) is 0 Å². The lowest BCUT2D eigenvalue weighted by Crippen LogP contribution is -2.13. The Morgan fingerprint density at radius 1 is 0.905 bits per heavy atom. The smallest absolute Gasteiger partial charge is 0.346 e. The van der Waals surface area contributed by atoms with Gasteiger partial charge in [0.05, 0.1) is 11.1 Å². The first-order valence-electron chi connectivity index (χ1n) is 6.91. The first-order valence-corrected chi connectivity index (χ1v) is 6.91. The fourth-order valence-electron chi connectivity index (χ4n) is 2.23. The molecule has 0 unspecified atom stereocenters. The van der Waals surface area contributed by atoms with Crippen LogP contribution in [-0.2, 0) is 4.74 Å². The lowest BCUT2D eigenvalue weighted by molar-refractivity contribution is 0.0397. The summed E-state index contributed by atoms with van der Waals surface area (Å²) >= 11 is 0. The van der Waals surface area contributed by atoms with Crippen molar-refractivity contribution in [3.05, 3.63) is 70.8 Å². The van der Waals surface area contributed by atoms with Crippen molar-refractivity contribution in [2.75, 3.05) is 0 Å². The molecule has 2 aromatic rings. The maximum absolute atomic E-state index is 12.0. The molecule has 21 heavy (non-hydrogen) atoms. The van der Waals surface area contributed by atoms with E-state index in [0.29, 0.717) is 17.0 Å². The Bertz CT molecular complexity index is 657. The van der Waals surface area contributed by atoms with E-state index in [1.807, 2.05) is 13.0 Å². The molecular formula is C18H18O3. The van der Waals surface area contributed by atoms with Crippen molar-refractivity contribution in [2.24, 2.45) is 0 Å². The van der Waals surface area contributed by atoms with E-state index in [0.717, 1.165) is 5.56 Å². The highest BCUT2D eigenvalue weighted by atomic mass is 16.6. The summed E-state index contributed by atoms with van der Waals surface area (Å²) in [5.41, 5.74) is 2.95. The summed E-state index contributed by atoms with van der Waals surface area (Å²) in [6.45, 7) is 6.14. The summed E-state index contributed by atoms with van der Waals surface area (Å²) in [5, 5.41) is 0. The molecule has 0 aromatic heterocycles. The van der Waals surface area contributed by atoms with E-state index in [1.54, 1.807) is 42.5 Å². The van der Waals surface area contributed by atoms with Gasteiger partial charge in [0, 0.05) is 0 Å². The van der Waals surface area contributed by atoms with Gasteiger partial charge in [-0.25, -0.2) is 9.59 Å². The zero-order chi connectivity index (χ0) is 15.4. The molecule has 108 valence electrons. The van der Waals surface area contributed by atoms with Crippen LogP contribution in [0.4, 0.5) is 0 Å². The summed E-state index contributed by atoms with van der Waals surface area (Å²) in [6, 6.07) is 13.8. The van der Waals surface area contributed by atoms with Gasteiger partial charge in [0.15, 0.2) is 0 Å². The van der Waals surface area contributed by atoms with E-state index in [4.69, 9.17) is 4.74 Å². The normalized spacial score (nSPS) is 10.5. The topological polar surface area (TPSA) is 43.4 Å². The van der Waals surface area contributed by atoms with Gasteiger partial charge < -0.3 is 4.74 Å². The third kappa shape index (κ3) is 3.57. The Labute approximate surface area is 124 Å². The highest BCUT2D eigenvalue weighted by Crippen LogP contribution is 2.20. The number of carbonyl (C=O) groups excluding carboxylic acids is 2. The second-order valence-electron chi connectivity index (χ2n) is 5.27. The van der Waals surface area contributed by atoms with Gasteiger partial charge in [0.2, 0.25) is 0 Å². The third-order valence-electron chi connectivity index (χ3n) is 3.32. The molecule has 0 atom stereocenters. The summed E-state index contributed by atoms with van der Waals surface area (Å²) in [4.78, 5) is 23.9. The van der Waals surface area contributed by atoms with Crippen molar-refractivity contribution in [3.63, 3.8) is 0 Å². The molecule has 0 radical (unpaired) electrons. The molecule has 3 nitrogen and oxygen atoms in total. The molecule has 2 aromatic carbocycles. The molecule has 2 rings (SSSR count). The minimum atomic E-state index is -0.633. The minimum absolute atomic E-state index is 0.362. The molecule has 3 heteroatoms. The largest absolute Gasteiger partial charge is 0.386 e. The van der Waals surface area contributed by atoms with Crippen molar-refractivity contribution in [2.45, 2.75) is 26.7 Å². The van der Waals surface area contributed by atoms with Crippen LogP contribution < -0.4 is 0 Å². The number of carbonyl (C=O) groups is 2. The molecule has 0 spiro atoms. The number of ether oxygens (including phenoxy) is 1. The molecule has 0 aliphatic rings. The highest BCUT2D eigenvalue weighted by molar-refractivity contribution is 6.02. The predicted octanol–water partition coefficient (Wildman–Crippen LogP) is 4.12. The molecule has 0 amide bonds. The van der Waals surface area contributed by atoms with Gasteiger partial charge in [-0.2, -0.15) is 0 Å². The van der Waals surface area contributed by atoms with Crippen molar-refractivity contribution in [1.82, 2.24) is 0 Å². The molecule has 0 saturated heterocycles.